The Bertz CT molecular complexity index is 933. The number of likely N-dealkylation sites (N-methyl/N-ethyl adjacent to an activating group) is 1. The molecule has 146 valence electrons. The second-order valence-corrected chi connectivity index (χ2v) is 6.89. The third kappa shape index (κ3) is 3.20. The van der Waals surface area contributed by atoms with Crippen LogP contribution in [0.25, 0.3) is 6.08 Å². The summed E-state index contributed by atoms with van der Waals surface area (Å²) in [4.78, 5) is 15.4. The molecule has 2 aromatic carbocycles. The van der Waals surface area contributed by atoms with Gasteiger partial charge in [0.1, 0.15) is 5.75 Å². The molecule has 0 fully saturated rings. The van der Waals surface area contributed by atoms with Crippen molar-refractivity contribution >= 4 is 11.9 Å². The molecule has 0 amide bonds. The lowest BCUT2D eigenvalue weighted by molar-refractivity contribution is 0.104. The van der Waals surface area contributed by atoms with Gasteiger partial charge < -0.3 is 23.8 Å². The van der Waals surface area contributed by atoms with Crippen molar-refractivity contribution in [2.24, 2.45) is 0 Å². The van der Waals surface area contributed by atoms with Gasteiger partial charge >= 0.3 is 0 Å². The van der Waals surface area contributed by atoms with E-state index in [1.54, 1.807) is 26.4 Å². The third-order valence-electron chi connectivity index (χ3n) is 5.15. The van der Waals surface area contributed by atoms with E-state index in [4.69, 9.17) is 18.9 Å². The Balaban J connectivity index is 1.74. The zero-order valence-corrected chi connectivity index (χ0v) is 16.3. The minimum atomic E-state index is -0.0963. The number of ketones is 1. The molecular weight excluding hydrogens is 358 g/mol. The molecule has 6 heteroatoms. The molecule has 0 N–H and O–H groups in total. The SMILES string of the molecule is COc1ccc(C=CC(=O)c2c3c(c(OC)c4c2OCO4)CN(C)CC3)cc1. The highest BCUT2D eigenvalue weighted by atomic mass is 16.7. The summed E-state index contributed by atoms with van der Waals surface area (Å²) in [7, 11) is 5.30. The van der Waals surface area contributed by atoms with Crippen LogP contribution in [-0.4, -0.2) is 45.3 Å². The van der Waals surface area contributed by atoms with Gasteiger partial charge in [-0.05, 0) is 42.8 Å². The minimum absolute atomic E-state index is 0.0902. The second kappa shape index (κ2) is 7.56. The average Bonchev–Trinajstić information content (AvgIpc) is 3.19. The molecule has 0 bridgehead atoms. The van der Waals surface area contributed by atoms with Crippen LogP contribution < -0.4 is 18.9 Å². The van der Waals surface area contributed by atoms with Crippen LogP contribution in [0.5, 0.6) is 23.0 Å². The van der Waals surface area contributed by atoms with Crippen LogP contribution in [0.4, 0.5) is 0 Å². The summed E-state index contributed by atoms with van der Waals surface area (Å²) in [6.07, 6.45) is 4.15. The van der Waals surface area contributed by atoms with E-state index in [2.05, 4.69) is 11.9 Å². The molecule has 2 heterocycles. The fraction of sp³-hybridized carbons (Fsp3) is 0.318. The molecule has 0 radical (unpaired) electrons. The first-order valence-corrected chi connectivity index (χ1v) is 9.18. The van der Waals surface area contributed by atoms with Crippen LogP contribution in [0.1, 0.15) is 27.0 Å². The van der Waals surface area contributed by atoms with Gasteiger partial charge in [-0.25, -0.2) is 0 Å². The van der Waals surface area contributed by atoms with Crippen molar-refractivity contribution in [3.05, 3.63) is 52.6 Å². The van der Waals surface area contributed by atoms with E-state index in [1.807, 2.05) is 24.3 Å². The number of methoxy groups -OCH3 is 2. The Labute approximate surface area is 164 Å². The van der Waals surface area contributed by atoms with Crippen LogP contribution in [0.3, 0.4) is 0 Å². The van der Waals surface area contributed by atoms with Crippen molar-refractivity contribution in [3.63, 3.8) is 0 Å². The summed E-state index contributed by atoms with van der Waals surface area (Å²) in [6, 6.07) is 7.55. The molecule has 0 atom stereocenters. The fourth-order valence-corrected chi connectivity index (χ4v) is 3.74. The Morgan fingerprint density at radius 1 is 1.07 bits per heavy atom. The third-order valence-corrected chi connectivity index (χ3v) is 5.15. The Kier molecular flexibility index (Phi) is 4.96. The summed E-state index contributed by atoms with van der Waals surface area (Å²) in [5, 5.41) is 0. The van der Waals surface area contributed by atoms with E-state index < -0.39 is 0 Å². The van der Waals surface area contributed by atoms with Crippen molar-refractivity contribution in [1.82, 2.24) is 4.90 Å². The van der Waals surface area contributed by atoms with Crippen molar-refractivity contribution < 1.29 is 23.7 Å². The lowest BCUT2D eigenvalue weighted by atomic mass is 9.90. The standard InChI is InChI=1S/C22H23NO5/c1-23-11-10-16-17(12-23)20(26-3)22-21(27-13-28-22)19(16)18(24)9-6-14-4-7-15(25-2)8-5-14/h4-9H,10-13H2,1-3H3. The van der Waals surface area contributed by atoms with Crippen molar-refractivity contribution in [1.29, 1.82) is 0 Å². The Morgan fingerprint density at radius 2 is 1.82 bits per heavy atom. The predicted octanol–water partition coefficient (Wildman–Crippen LogP) is 3.32. The van der Waals surface area contributed by atoms with Gasteiger partial charge in [-0.1, -0.05) is 18.2 Å². The first-order valence-electron chi connectivity index (χ1n) is 9.18. The van der Waals surface area contributed by atoms with Crippen LogP contribution >= 0.6 is 0 Å². The molecule has 2 aliphatic heterocycles. The summed E-state index contributed by atoms with van der Waals surface area (Å²) in [6.45, 7) is 1.67. The van der Waals surface area contributed by atoms with Crippen LogP contribution in [0.2, 0.25) is 0 Å². The van der Waals surface area contributed by atoms with Crippen molar-refractivity contribution in [2.75, 3.05) is 34.6 Å². The number of ether oxygens (including phenoxy) is 4. The Hall–Kier alpha value is -2.99. The predicted molar refractivity (Wildman–Crippen MR) is 106 cm³/mol. The molecule has 6 nitrogen and oxygen atoms in total. The second-order valence-electron chi connectivity index (χ2n) is 6.89. The zero-order valence-electron chi connectivity index (χ0n) is 16.3. The number of allylic oxidation sites excluding steroid dienone is 1. The van der Waals surface area contributed by atoms with Gasteiger partial charge in [0.05, 0.1) is 19.8 Å². The fourth-order valence-electron chi connectivity index (χ4n) is 3.74. The van der Waals surface area contributed by atoms with Gasteiger partial charge in [0, 0.05) is 18.7 Å². The van der Waals surface area contributed by atoms with Crippen LogP contribution in [0.15, 0.2) is 30.3 Å². The molecule has 0 spiro atoms. The highest BCUT2D eigenvalue weighted by molar-refractivity contribution is 6.11. The van der Waals surface area contributed by atoms with Gasteiger partial charge in [0.2, 0.25) is 12.5 Å². The maximum Gasteiger partial charge on any atom is 0.231 e. The molecule has 0 aliphatic carbocycles. The largest absolute Gasteiger partial charge is 0.497 e. The summed E-state index contributed by atoms with van der Waals surface area (Å²) < 4.78 is 22.1. The topological polar surface area (TPSA) is 57.2 Å². The van der Waals surface area contributed by atoms with Crippen molar-refractivity contribution in [3.8, 4) is 23.0 Å². The molecule has 2 aliphatic rings. The average molecular weight is 381 g/mol. The normalized spacial score (nSPS) is 15.5. The molecule has 0 unspecified atom stereocenters. The number of carbonyl (C=O) groups excluding carboxylic acids is 1. The number of hydrogen-bond donors (Lipinski definition) is 0. The Morgan fingerprint density at radius 3 is 2.54 bits per heavy atom. The van der Waals surface area contributed by atoms with Crippen LogP contribution in [0, 0.1) is 0 Å². The first-order chi connectivity index (χ1) is 13.6. The molecule has 0 aromatic heterocycles. The lowest BCUT2D eigenvalue weighted by Crippen LogP contribution is -2.28. The van der Waals surface area contributed by atoms with Gasteiger partial charge in [0.15, 0.2) is 17.3 Å². The number of carbonyl (C=O) groups is 1. The molecule has 2 aromatic rings. The maximum absolute atomic E-state index is 13.2. The highest BCUT2D eigenvalue weighted by Crippen LogP contribution is 2.49. The maximum atomic E-state index is 13.2. The molecule has 4 rings (SSSR count). The number of fused-ring (bicyclic) bond motifs is 2. The smallest absolute Gasteiger partial charge is 0.231 e. The summed E-state index contributed by atoms with van der Waals surface area (Å²) in [5.41, 5.74) is 3.50. The highest BCUT2D eigenvalue weighted by Gasteiger charge is 2.34. The van der Waals surface area contributed by atoms with Gasteiger partial charge in [-0.2, -0.15) is 0 Å². The lowest BCUT2D eigenvalue weighted by Gasteiger charge is -2.28. The first kappa shape index (κ1) is 18.4. The number of rotatable bonds is 5. The summed E-state index contributed by atoms with van der Waals surface area (Å²) >= 11 is 0. The van der Waals surface area contributed by atoms with Gasteiger partial charge in [0.25, 0.3) is 0 Å². The monoisotopic (exact) mass is 381 g/mol. The van der Waals surface area contributed by atoms with E-state index in [-0.39, 0.29) is 12.6 Å². The zero-order chi connectivity index (χ0) is 19.7. The molecule has 28 heavy (non-hydrogen) atoms. The minimum Gasteiger partial charge on any atom is -0.497 e. The molecule has 0 saturated heterocycles. The van der Waals surface area contributed by atoms with E-state index >= 15 is 0 Å². The number of benzene rings is 2. The summed E-state index contributed by atoms with van der Waals surface area (Å²) in [5.74, 6) is 2.37. The number of nitrogens with zero attached hydrogens (tertiary/aromatic N) is 1. The van der Waals surface area contributed by atoms with E-state index in [0.717, 1.165) is 35.4 Å². The van der Waals surface area contributed by atoms with E-state index in [1.165, 1.54) is 0 Å². The van der Waals surface area contributed by atoms with Crippen molar-refractivity contribution in [2.45, 2.75) is 13.0 Å². The molecular formula is C22H23NO5. The van der Waals surface area contributed by atoms with E-state index in [0.29, 0.717) is 29.4 Å². The van der Waals surface area contributed by atoms with Gasteiger partial charge in [-0.15, -0.1) is 0 Å². The van der Waals surface area contributed by atoms with Crippen LogP contribution in [-0.2, 0) is 13.0 Å². The number of hydrogen-bond acceptors (Lipinski definition) is 6. The van der Waals surface area contributed by atoms with E-state index in [9.17, 15) is 4.79 Å². The van der Waals surface area contributed by atoms with Gasteiger partial charge in [-0.3, -0.25) is 4.79 Å². The molecule has 0 saturated carbocycles. The quantitative estimate of drug-likeness (QED) is 0.585.